The number of carbonyl (C=O) groups excluding carboxylic acids is 1. The molecule has 0 aromatic carbocycles. The first-order valence-corrected chi connectivity index (χ1v) is 12.1. The van der Waals surface area contributed by atoms with Gasteiger partial charge in [0.2, 0.25) is 0 Å². The predicted molar refractivity (Wildman–Crippen MR) is 90.9 cm³/mol. The smallest absolute Gasteiger partial charge is 0.184 e. The van der Waals surface area contributed by atoms with Gasteiger partial charge in [-0.2, -0.15) is 0 Å². The number of rotatable bonds is 2. The van der Waals surface area contributed by atoms with Gasteiger partial charge in [0.15, 0.2) is 8.32 Å². The summed E-state index contributed by atoms with van der Waals surface area (Å²) in [6.07, 6.45) is 7.86. The van der Waals surface area contributed by atoms with Crippen molar-refractivity contribution < 1.29 is 9.22 Å². The molecule has 0 N–H and O–H groups in total. The van der Waals surface area contributed by atoms with E-state index in [4.69, 9.17) is 4.43 Å². The molecule has 2 fully saturated rings. The lowest BCUT2D eigenvalue weighted by Gasteiger charge is -2.51. The van der Waals surface area contributed by atoms with Crippen molar-refractivity contribution in [3.8, 4) is 0 Å². The normalized spacial score (nSPS) is 35.2. The van der Waals surface area contributed by atoms with Crippen LogP contribution >= 0.6 is 0 Å². The van der Waals surface area contributed by atoms with Gasteiger partial charge in [0.05, 0.1) is 6.10 Å². The Kier molecular flexibility index (Phi) is 4.76. The maximum atomic E-state index is 11.9. The fourth-order valence-corrected chi connectivity index (χ4v) is 5.49. The lowest BCUT2D eigenvalue weighted by atomic mass is 9.58. The van der Waals surface area contributed by atoms with E-state index < -0.39 is 8.32 Å². The van der Waals surface area contributed by atoms with E-state index in [9.17, 15) is 4.79 Å². The Morgan fingerprint density at radius 3 is 2.14 bits per heavy atom. The van der Waals surface area contributed by atoms with Crippen LogP contribution < -0.4 is 0 Å². The molecule has 2 nitrogen and oxygen atoms in total. The second kappa shape index (κ2) is 5.81. The Hall–Kier alpha value is -0.153. The standard InChI is InChI=1S/C18H34O2Si/c1-17(2,3)14-7-10-18(11-8-14)12-9-15(19)13-16(18)20-21(4,5)6/h14,16H,7-13H2,1-6H3. The fourth-order valence-electron chi connectivity index (χ4n) is 4.30. The monoisotopic (exact) mass is 310 g/mol. The summed E-state index contributed by atoms with van der Waals surface area (Å²) in [5.74, 6) is 1.25. The van der Waals surface area contributed by atoms with E-state index in [2.05, 4.69) is 40.4 Å². The van der Waals surface area contributed by atoms with Crippen molar-refractivity contribution in [3.05, 3.63) is 0 Å². The highest BCUT2D eigenvalue weighted by atomic mass is 28.4. The Morgan fingerprint density at radius 2 is 1.67 bits per heavy atom. The molecule has 122 valence electrons. The molecule has 0 saturated heterocycles. The van der Waals surface area contributed by atoms with Crippen molar-refractivity contribution in [1.29, 1.82) is 0 Å². The van der Waals surface area contributed by atoms with Crippen LogP contribution in [-0.4, -0.2) is 20.2 Å². The number of hydrogen-bond donors (Lipinski definition) is 0. The summed E-state index contributed by atoms with van der Waals surface area (Å²) in [5.41, 5.74) is 0.719. The van der Waals surface area contributed by atoms with Gasteiger partial charge in [0.1, 0.15) is 5.78 Å². The minimum Gasteiger partial charge on any atom is -0.414 e. The molecular formula is C18H34O2Si. The van der Waals surface area contributed by atoms with Crippen LogP contribution in [0.15, 0.2) is 0 Å². The first kappa shape index (κ1) is 17.2. The van der Waals surface area contributed by atoms with Crippen molar-refractivity contribution >= 4 is 14.1 Å². The highest BCUT2D eigenvalue weighted by Gasteiger charge is 2.48. The van der Waals surface area contributed by atoms with E-state index in [-0.39, 0.29) is 6.10 Å². The fraction of sp³-hybridized carbons (Fsp3) is 0.944. The summed E-state index contributed by atoms with van der Waals surface area (Å²) in [6, 6.07) is 0. The van der Waals surface area contributed by atoms with Crippen LogP contribution in [0.1, 0.15) is 65.7 Å². The van der Waals surface area contributed by atoms with Gasteiger partial charge in [-0.1, -0.05) is 20.8 Å². The average Bonchev–Trinajstić information content (AvgIpc) is 2.32. The van der Waals surface area contributed by atoms with Gasteiger partial charge < -0.3 is 4.43 Å². The van der Waals surface area contributed by atoms with E-state index in [1.54, 1.807) is 0 Å². The van der Waals surface area contributed by atoms with Crippen molar-refractivity contribution in [3.63, 3.8) is 0 Å². The van der Waals surface area contributed by atoms with Gasteiger partial charge in [-0.3, -0.25) is 4.79 Å². The predicted octanol–water partition coefficient (Wildman–Crippen LogP) is 5.18. The third kappa shape index (κ3) is 4.19. The Balaban J connectivity index is 2.10. The molecule has 0 aromatic heterocycles. The Morgan fingerprint density at radius 1 is 1.10 bits per heavy atom. The van der Waals surface area contributed by atoms with E-state index in [0.29, 0.717) is 23.0 Å². The Labute approximate surface area is 132 Å². The number of ketones is 1. The molecule has 0 aromatic rings. The van der Waals surface area contributed by atoms with Gasteiger partial charge in [0.25, 0.3) is 0 Å². The van der Waals surface area contributed by atoms with Crippen LogP contribution in [0, 0.1) is 16.7 Å². The largest absolute Gasteiger partial charge is 0.414 e. The van der Waals surface area contributed by atoms with Crippen LogP contribution in [0.4, 0.5) is 0 Å². The SMILES string of the molecule is CC(C)(C)C1CCC2(CCC(=O)CC2O[Si](C)(C)C)CC1. The molecule has 1 spiro atoms. The van der Waals surface area contributed by atoms with Crippen LogP contribution in [0.25, 0.3) is 0 Å². The minimum atomic E-state index is -1.59. The number of carbonyl (C=O) groups is 1. The molecule has 0 amide bonds. The number of Topliss-reactive ketones (excluding diaryl/α,β-unsaturated/α-hetero) is 1. The maximum absolute atomic E-state index is 11.9. The molecule has 0 aliphatic heterocycles. The van der Waals surface area contributed by atoms with Crippen molar-refractivity contribution in [2.24, 2.45) is 16.7 Å². The topological polar surface area (TPSA) is 26.3 Å². The molecule has 3 heteroatoms. The van der Waals surface area contributed by atoms with Gasteiger partial charge in [-0.15, -0.1) is 0 Å². The summed E-state index contributed by atoms with van der Waals surface area (Å²) in [4.78, 5) is 11.9. The van der Waals surface area contributed by atoms with Crippen molar-refractivity contribution in [2.45, 2.75) is 91.5 Å². The molecule has 2 aliphatic carbocycles. The van der Waals surface area contributed by atoms with Crippen LogP contribution in [0.3, 0.4) is 0 Å². The third-order valence-electron chi connectivity index (χ3n) is 5.70. The minimum absolute atomic E-state index is 0.200. The van der Waals surface area contributed by atoms with Crippen LogP contribution in [0.2, 0.25) is 19.6 Å². The zero-order chi connectivity index (χ0) is 15.9. The van der Waals surface area contributed by atoms with Gasteiger partial charge >= 0.3 is 0 Å². The summed E-state index contributed by atoms with van der Waals surface area (Å²) in [6.45, 7) is 13.9. The highest BCUT2D eigenvalue weighted by Crippen LogP contribution is 2.52. The molecule has 0 heterocycles. The summed E-state index contributed by atoms with van der Waals surface area (Å²) in [7, 11) is -1.59. The average molecular weight is 311 g/mol. The summed E-state index contributed by atoms with van der Waals surface area (Å²) in [5, 5.41) is 0. The molecule has 2 rings (SSSR count). The highest BCUT2D eigenvalue weighted by molar-refractivity contribution is 6.69. The van der Waals surface area contributed by atoms with E-state index in [1.165, 1.54) is 25.7 Å². The lowest BCUT2D eigenvalue weighted by Crippen LogP contribution is -2.49. The van der Waals surface area contributed by atoms with Crippen molar-refractivity contribution in [1.82, 2.24) is 0 Å². The van der Waals surface area contributed by atoms with Crippen LogP contribution in [-0.2, 0) is 9.22 Å². The molecule has 1 unspecified atom stereocenters. The van der Waals surface area contributed by atoms with Gasteiger partial charge in [-0.05, 0) is 68.5 Å². The summed E-state index contributed by atoms with van der Waals surface area (Å²) < 4.78 is 6.48. The molecule has 2 saturated carbocycles. The zero-order valence-electron chi connectivity index (χ0n) is 14.9. The molecule has 2 aliphatic rings. The third-order valence-corrected chi connectivity index (χ3v) is 6.69. The molecule has 0 radical (unpaired) electrons. The summed E-state index contributed by atoms with van der Waals surface area (Å²) >= 11 is 0. The van der Waals surface area contributed by atoms with Gasteiger partial charge in [-0.25, -0.2) is 0 Å². The van der Waals surface area contributed by atoms with E-state index in [1.807, 2.05) is 0 Å². The zero-order valence-corrected chi connectivity index (χ0v) is 15.9. The molecule has 21 heavy (non-hydrogen) atoms. The lowest BCUT2D eigenvalue weighted by molar-refractivity contribution is -0.130. The van der Waals surface area contributed by atoms with E-state index in [0.717, 1.165) is 18.8 Å². The molecule has 0 bridgehead atoms. The second-order valence-corrected chi connectivity index (χ2v) is 13.9. The van der Waals surface area contributed by atoms with Crippen LogP contribution in [0.5, 0.6) is 0 Å². The molecular weight excluding hydrogens is 276 g/mol. The Bertz CT molecular complexity index is 381. The van der Waals surface area contributed by atoms with Gasteiger partial charge in [0, 0.05) is 12.8 Å². The number of hydrogen-bond acceptors (Lipinski definition) is 2. The second-order valence-electron chi connectivity index (χ2n) is 9.46. The van der Waals surface area contributed by atoms with Crippen molar-refractivity contribution in [2.75, 3.05) is 0 Å². The molecule has 1 atom stereocenters. The first-order valence-electron chi connectivity index (χ1n) is 8.71. The maximum Gasteiger partial charge on any atom is 0.184 e. The quantitative estimate of drug-likeness (QED) is 0.657. The van der Waals surface area contributed by atoms with E-state index >= 15 is 0 Å². The first-order chi connectivity index (χ1) is 9.52.